The van der Waals surface area contributed by atoms with E-state index in [1.54, 1.807) is 20.8 Å². The van der Waals surface area contributed by atoms with Crippen molar-refractivity contribution < 1.29 is 22.8 Å². The molecule has 10 heteroatoms. The van der Waals surface area contributed by atoms with Crippen LogP contribution in [-0.4, -0.2) is 17.5 Å². The molecule has 0 aliphatic carbocycles. The van der Waals surface area contributed by atoms with Gasteiger partial charge in [0.25, 0.3) is 5.91 Å². The number of nitrogens with two attached hydrogens (primary N) is 1. The summed E-state index contributed by atoms with van der Waals surface area (Å²) in [6.45, 7) is 5.54. The summed E-state index contributed by atoms with van der Waals surface area (Å²) in [6, 6.07) is 8.33. The third-order valence-corrected chi connectivity index (χ3v) is 4.55. The Morgan fingerprint density at radius 3 is 2.16 bits per heavy atom. The van der Waals surface area contributed by atoms with E-state index in [1.165, 1.54) is 34.4 Å². The number of hydrogen-bond donors (Lipinski definition) is 1. The molecule has 5 nitrogen and oxygen atoms in total. The number of nitrogens with zero attached hydrogens (tertiary/aromatic N) is 2. The summed E-state index contributed by atoms with van der Waals surface area (Å²) in [4.78, 5) is 19.2. The van der Waals surface area contributed by atoms with E-state index in [1.807, 2.05) is 0 Å². The molecule has 3 rings (SSSR count). The predicted octanol–water partition coefficient (Wildman–Crippen LogP) is 5.60. The van der Waals surface area contributed by atoms with Crippen LogP contribution in [0.15, 0.2) is 48.2 Å². The average molecular weight is 492 g/mol. The quantitative estimate of drug-likeness (QED) is 0.591. The normalized spacial score (nSPS) is 13.5. The molecule has 2 aromatic rings. The van der Waals surface area contributed by atoms with E-state index in [9.17, 15) is 18.0 Å². The summed E-state index contributed by atoms with van der Waals surface area (Å²) in [5.74, 6) is -2.11. The van der Waals surface area contributed by atoms with Crippen LogP contribution in [0.3, 0.4) is 0 Å². The molecule has 176 valence electrons. The zero-order valence-corrected chi connectivity index (χ0v) is 19.5. The van der Waals surface area contributed by atoms with Gasteiger partial charge in [-0.25, -0.2) is 13.2 Å². The van der Waals surface area contributed by atoms with Crippen molar-refractivity contribution in [1.29, 1.82) is 0 Å². The highest BCUT2D eigenvalue weighted by molar-refractivity contribution is 5.88. The molecule has 1 amide bonds. The predicted molar refractivity (Wildman–Crippen MR) is 122 cm³/mol. The van der Waals surface area contributed by atoms with Crippen molar-refractivity contribution in [2.75, 3.05) is 11.7 Å². The molecule has 0 atom stereocenters. The first-order chi connectivity index (χ1) is 14.1. The molecule has 32 heavy (non-hydrogen) atoms. The Bertz CT molecular complexity index is 979. The molecular weight excluding hydrogens is 466 g/mol. The van der Waals surface area contributed by atoms with Crippen molar-refractivity contribution in [3.05, 3.63) is 71.2 Å². The number of rotatable bonds is 5. The zero-order valence-electron chi connectivity index (χ0n) is 17.9. The number of hydrazine groups is 1. The molecule has 1 aliphatic heterocycles. The van der Waals surface area contributed by atoms with E-state index in [0.717, 1.165) is 18.2 Å². The number of anilines is 1. The van der Waals surface area contributed by atoms with Gasteiger partial charge in [0.05, 0.1) is 11.3 Å². The molecule has 1 aliphatic rings. The second-order valence-electron chi connectivity index (χ2n) is 8.00. The number of carbonyl (C=O) groups excluding carboxylic acids is 1. The fourth-order valence-electron chi connectivity index (χ4n) is 3.01. The summed E-state index contributed by atoms with van der Waals surface area (Å²) >= 11 is 0. The molecule has 2 aromatic carbocycles. The van der Waals surface area contributed by atoms with Gasteiger partial charge in [0.15, 0.2) is 5.76 Å². The van der Waals surface area contributed by atoms with Crippen LogP contribution in [0.2, 0.25) is 0 Å². The van der Waals surface area contributed by atoms with Gasteiger partial charge >= 0.3 is 0 Å². The lowest BCUT2D eigenvalue weighted by molar-refractivity contribution is -0.140. The average Bonchev–Trinajstić information content (AvgIpc) is 3.06. The molecule has 0 fully saturated rings. The maximum atomic E-state index is 14.6. The number of halogens is 5. The third kappa shape index (κ3) is 5.68. The van der Waals surface area contributed by atoms with Gasteiger partial charge in [-0.05, 0) is 61.9 Å². The minimum Gasteiger partial charge on any atom is -0.356 e. The molecule has 0 bridgehead atoms. The second kappa shape index (κ2) is 10.9. The van der Waals surface area contributed by atoms with Crippen LogP contribution < -0.4 is 10.9 Å². The van der Waals surface area contributed by atoms with E-state index < -0.39 is 22.9 Å². The highest BCUT2D eigenvalue weighted by Gasteiger charge is 2.42. The monoisotopic (exact) mass is 491 g/mol. The van der Waals surface area contributed by atoms with Crippen LogP contribution in [0.4, 0.5) is 18.9 Å². The van der Waals surface area contributed by atoms with Gasteiger partial charge in [0, 0.05) is 5.41 Å². The molecule has 0 saturated carbocycles. The van der Waals surface area contributed by atoms with Gasteiger partial charge in [-0.2, -0.15) is 5.01 Å². The fraction of sp³-hybridized carbons (Fsp3) is 0.318. The Morgan fingerprint density at radius 1 is 1.00 bits per heavy atom. The van der Waals surface area contributed by atoms with Gasteiger partial charge < -0.3 is 10.6 Å². The highest BCUT2D eigenvalue weighted by Crippen LogP contribution is 2.40. The molecular formula is C22H26Cl2F3N3O2. The van der Waals surface area contributed by atoms with E-state index >= 15 is 0 Å². The SMILES string of the molecule is CC(C)(C)C(=O)N1C(CCCN)=C(c2cc(F)ccc2F)ON1c1ccc(F)cc1.Cl.Cl. The second-order valence-corrected chi connectivity index (χ2v) is 8.00. The van der Waals surface area contributed by atoms with Crippen molar-refractivity contribution in [3.8, 4) is 0 Å². The topological polar surface area (TPSA) is 58.8 Å². The number of allylic oxidation sites excluding steroid dienone is 1. The number of amides is 1. The molecule has 0 saturated heterocycles. The summed E-state index contributed by atoms with van der Waals surface area (Å²) in [6.07, 6.45) is 0.783. The van der Waals surface area contributed by atoms with Crippen molar-refractivity contribution in [2.24, 2.45) is 11.1 Å². The van der Waals surface area contributed by atoms with Crippen LogP contribution in [0, 0.1) is 22.9 Å². The zero-order chi connectivity index (χ0) is 22.1. The first kappa shape index (κ1) is 27.6. The van der Waals surface area contributed by atoms with Gasteiger partial charge in [-0.15, -0.1) is 30.0 Å². The first-order valence-electron chi connectivity index (χ1n) is 9.60. The van der Waals surface area contributed by atoms with E-state index in [-0.39, 0.29) is 42.0 Å². The van der Waals surface area contributed by atoms with E-state index in [2.05, 4.69) is 0 Å². The Hall–Kier alpha value is -2.42. The molecule has 2 N–H and O–H groups in total. The van der Waals surface area contributed by atoms with Crippen LogP contribution >= 0.6 is 24.8 Å². The summed E-state index contributed by atoms with van der Waals surface area (Å²) in [7, 11) is 0. The van der Waals surface area contributed by atoms with E-state index in [4.69, 9.17) is 10.6 Å². The maximum Gasteiger partial charge on any atom is 0.253 e. The number of benzene rings is 2. The lowest BCUT2D eigenvalue weighted by atomic mass is 9.94. The lowest BCUT2D eigenvalue weighted by Crippen LogP contribution is -2.46. The first-order valence-corrected chi connectivity index (χ1v) is 9.60. The molecule has 0 spiro atoms. The Morgan fingerprint density at radius 2 is 1.59 bits per heavy atom. The summed E-state index contributed by atoms with van der Waals surface area (Å²) < 4.78 is 41.9. The van der Waals surface area contributed by atoms with Gasteiger partial charge in [-0.3, -0.25) is 4.79 Å². The van der Waals surface area contributed by atoms with Gasteiger partial charge in [0.1, 0.15) is 23.1 Å². The number of carbonyl (C=O) groups is 1. The van der Waals surface area contributed by atoms with Crippen LogP contribution in [0.1, 0.15) is 39.2 Å². The Balaban J connectivity index is 0.00000256. The van der Waals surface area contributed by atoms with E-state index in [0.29, 0.717) is 30.8 Å². The summed E-state index contributed by atoms with van der Waals surface area (Å²) in [5, 5.41) is 2.47. The Labute approximate surface area is 197 Å². The van der Waals surface area contributed by atoms with Crippen LogP contribution in [0.25, 0.3) is 5.76 Å². The largest absolute Gasteiger partial charge is 0.356 e. The minimum absolute atomic E-state index is 0. The molecule has 1 heterocycles. The fourth-order valence-corrected chi connectivity index (χ4v) is 3.01. The standard InChI is InChI=1S/C22H24F3N3O2.2ClH/c1-22(2,3)21(29)27-19(5-4-12-26)20(17-13-15(24)8-11-18(17)25)30-28(27)16-9-6-14(23)7-10-16;;/h6-11,13H,4-5,12,26H2,1-3H3;2*1H. The lowest BCUT2D eigenvalue weighted by Gasteiger charge is -2.33. The van der Waals surface area contributed by atoms with Crippen molar-refractivity contribution >= 4 is 42.2 Å². The minimum atomic E-state index is -0.814. The Kier molecular flexibility index (Phi) is 9.44. The maximum absolute atomic E-state index is 14.6. The van der Waals surface area contributed by atoms with Crippen molar-refractivity contribution in [3.63, 3.8) is 0 Å². The molecule has 0 radical (unpaired) electrons. The van der Waals surface area contributed by atoms with Crippen LogP contribution in [-0.2, 0) is 9.63 Å². The van der Waals surface area contributed by atoms with Crippen LogP contribution in [0.5, 0.6) is 0 Å². The van der Waals surface area contributed by atoms with Crippen molar-refractivity contribution in [1.82, 2.24) is 5.01 Å². The summed E-state index contributed by atoms with van der Waals surface area (Å²) in [5.41, 5.74) is 5.44. The third-order valence-electron chi connectivity index (χ3n) is 4.55. The number of hydrogen-bond acceptors (Lipinski definition) is 4. The highest BCUT2D eigenvalue weighted by atomic mass is 35.5. The smallest absolute Gasteiger partial charge is 0.253 e. The van der Waals surface area contributed by atoms with Gasteiger partial charge in [0.2, 0.25) is 0 Å². The molecule has 0 aromatic heterocycles. The van der Waals surface area contributed by atoms with Gasteiger partial charge in [-0.1, -0.05) is 20.8 Å². The molecule has 0 unspecified atom stereocenters. The van der Waals surface area contributed by atoms with Crippen molar-refractivity contribution in [2.45, 2.75) is 33.6 Å².